The number of phenolic OH excluding ortho intramolecular Hbond substituents is 1. The Morgan fingerprint density at radius 3 is 2.05 bits per heavy atom. The van der Waals surface area contributed by atoms with Crippen molar-refractivity contribution < 1.29 is 15.1 Å². The van der Waals surface area contributed by atoms with Crippen LogP contribution in [0.4, 0.5) is 5.69 Å². The Morgan fingerprint density at radius 2 is 1.42 bits per heavy atom. The third-order valence-electron chi connectivity index (χ3n) is 7.13. The minimum Gasteiger partial charge on any atom is -0.507 e. The Hall–Kier alpha value is -5.28. The molecule has 0 aliphatic heterocycles. The number of allylic oxidation sites excluding steroid dienone is 1. The molecule has 6 aromatic rings. The van der Waals surface area contributed by atoms with Crippen LogP contribution in [0.2, 0.25) is 0 Å². The van der Waals surface area contributed by atoms with Crippen LogP contribution in [-0.2, 0) is 6.54 Å². The van der Waals surface area contributed by atoms with Gasteiger partial charge >= 0.3 is 0 Å². The molecule has 0 radical (unpaired) electrons. The lowest BCUT2D eigenvalue weighted by atomic mass is 10.1. The summed E-state index contributed by atoms with van der Waals surface area (Å²) in [7, 11) is 0. The number of para-hydroxylation sites is 4. The van der Waals surface area contributed by atoms with E-state index in [2.05, 4.69) is 4.98 Å². The van der Waals surface area contributed by atoms with Crippen molar-refractivity contribution in [2.45, 2.75) is 40.3 Å². The van der Waals surface area contributed by atoms with Gasteiger partial charge in [0.15, 0.2) is 0 Å². The number of fused-ring (bicyclic) bond motifs is 2. The van der Waals surface area contributed by atoms with Crippen molar-refractivity contribution >= 4 is 34.0 Å². The average Bonchev–Trinajstić information content (AvgIpc) is 3.54. The SMILES string of the molecule is CC=Cn1c(-c2ccccc2O)nc2c(C)cccc21.Cc1cccc2c1nc(-c1ccccc1[N+](=O)[O-])n2CC(C)O. The van der Waals surface area contributed by atoms with Gasteiger partial charge in [0, 0.05) is 12.3 Å². The van der Waals surface area contributed by atoms with E-state index in [9.17, 15) is 20.3 Å². The van der Waals surface area contributed by atoms with Gasteiger partial charge in [0.1, 0.15) is 17.4 Å². The Kier molecular flexibility index (Phi) is 8.36. The molecule has 0 saturated carbocycles. The first-order chi connectivity index (χ1) is 20.7. The van der Waals surface area contributed by atoms with Gasteiger partial charge in [0.25, 0.3) is 5.69 Å². The van der Waals surface area contributed by atoms with E-state index in [1.807, 2.05) is 96.8 Å². The van der Waals surface area contributed by atoms with Crippen LogP contribution >= 0.6 is 0 Å². The van der Waals surface area contributed by atoms with Crippen molar-refractivity contribution in [1.29, 1.82) is 0 Å². The molecule has 9 heteroatoms. The second kappa shape index (κ2) is 12.3. The number of rotatable bonds is 6. The van der Waals surface area contributed by atoms with E-state index >= 15 is 0 Å². The summed E-state index contributed by atoms with van der Waals surface area (Å²) in [6, 6.07) is 25.7. The van der Waals surface area contributed by atoms with Crippen molar-refractivity contribution in [3.8, 4) is 28.5 Å². The second-order valence-electron chi connectivity index (χ2n) is 10.4. The number of nitro groups is 1. The number of nitro benzene ring substituents is 1. The second-order valence-corrected chi connectivity index (χ2v) is 10.4. The largest absolute Gasteiger partial charge is 0.507 e. The fourth-order valence-electron chi connectivity index (χ4n) is 5.17. The maximum Gasteiger partial charge on any atom is 0.280 e. The van der Waals surface area contributed by atoms with Gasteiger partial charge in [-0.2, -0.15) is 0 Å². The summed E-state index contributed by atoms with van der Waals surface area (Å²) in [6.07, 6.45) is 3.35. The predicted molar refractivity (Wildman–Crippen MR) is 171 cm³/mol. The standard InChI is InChI=1S/C17H17N3O3.C17H16N2O/c1-11-6-5-9-15-16(11)18-17(19(15)10-12(2)21)13-7-3-4-8-14(13)20(22)23;1-3-11-19-14-9-6-7-12(2)16(14)18-17(19)13-8-4-5-10-15(13)20/h3-9,12,21H,10H2,1-2H3;3-11,20H,1-2H3. The lowest BCUT2D eigenvalue weighted by Gasteiger charge is -2.11. The molecule has 9 nitrogen and oxygen atoms in total. The number of aromatic nitrogens is 4. The van der Waals surface area contributed by atoms with Crippen LogP contribution in [-0.4, -0.2) is 40.3 Å². The van der Waals surface area contributed by atoms with E-state index in [1.165, 1.54) is 6.07 Å². The van der Waals surface area contributed by atoms with E-state index in [1.54, 1.807) is 31.2 Å². The normalized spacial score (nSPS) is 12.0. The summed E-state index contributed by atoms with van der Waals surface area (Å²) < 4.78 is 3.85. The zero-order valence-corrected chi connectivity index (χ0v) is 24.5. The van der Waals surface area contributed by atoms with Crippen molar-refractivity contribution in [2.24, 2.45) is 0 Å². The maximum absolute atomic E-state index is 11.3. The molecule has 0 fully saturated rings. The van der Waals surface area contributed by atoms with E-state index in [-0.39, 0.29) is 11.4 Å². The third-order valence-corrected chi connectivity index (χ3v) is 7.13. The molecule has 2 aromatic heterocycles. The average molecular weight is 576 g/mol. The number of benzene rings is 4. The fraction of sp³-hybridized carbons (Fsp3) is 0.176. The van der Waals surface area contributed by atoms with Gasteiger partial charge in [-0.3, -0.25) is 14.7 Å². The van der Waals surface area contributed by atoms with Crippen LogP contribution in [0.1, 0.15) is 25.0 Å². The van der Waals surface area contributed by atoms with Gasteiger partial charge in [-0.05, 0) is 69.2 Å². The molecule has 0 saturated heterocycles. The first kappa shape index (κ1) is 29.2. The Morgan fingerprint density at radius 1 is 0.837 bits per heavy atom. The molecule has 0 aliphatic rings. The first-order valence-electron chi connectivity index (χ1n) is 14.0. The minimum atomic E-state index is -0.588. The van der Waals surface area contributed by atoms with E-state index in [4.69, 9.17) is 4.98 Å². The Balaban J connectivity index is 0.000000173. The van der Waals surface area contributed by atoms with Crippen LogP contribution in [0.15, 0.2) is 91.0 Å². The topological polar surface area (TPSA) is 119 Å². The predicted octanol–water partition coefficient (Wildman–Crippen LogP) is 7.51. The number of hydrogen-bond acceptors (Lipinski definition) is 6. The third kappa shape index (κ3) is 5.75. The molecular weight excluding hydrogens is 542 g/mol. The molecule has 0 amide bonds. The van der Waals surface area contributed by atoms with Crippen molar-refractivity contribution in [3.05, 3.63) is 112 Å². The number of aliphatic hydroxyl groups excluding tert-OH is 1. The lowest BCUT2D eigenvalue weighted by Crippen LogP contribution is -2.13. The highest BCUT2D eigenvalue weighted by Crippen LogP contribution is 2.34. The summed E-state index contributed by atoms with van der Waals surface area (Å²) in [5, 5.41) is 31.2. The summed E-state index contributed by atoms with van der Waals surface area (Å²) >= 11 is 0. The van der Waals surface area contributed by atoms with E-state index in [0.29, 0.717) is 17.9 Å². The van der Waals surface area contributed by atoms with E-state index < -0.39 is 11.0 Å². The molecule has 2 heterocycles. The first-order valence-corrected chi connectivity index (χ1v) is 14.0. The molecule has 218 valence electrons. The molecule has 6 rings (SSSR count). The van der Waals surface area contributed by atoms with Crippen molar-refractivity contribution in [2.75, 3.05) is 0 Å². The highest BCUT2D eigenvalue weighted by molar-refractivity contribution is 5.87. The van der Waals surface area contributed by atoms with E-state index in [0.717, 1.165) is 44.6 Å². The number of aromatic hydroxyl groups is 1. The number of aliphatic hydroxyl groups is 1. The molecule has 0 aliphatic carbocycles. The molecule has 1 atom stereocenters. The van der Waals surface area contributed by atoms with Gasteiger partial charge in [-0.15, -0.1) is 0 Å². The molecule has 0 bridgehead atoms. The summed E-state index contributed by atoms with van der Waals surface area (Å²) in [5.41, 5.74) is 6.97. The fourth-order valence-corrected chi connectivity index (χ4v) is 5.17. The molecular formula is C34H33N5O4. The van der Waals surface area contributed by atoms with Gasteiger partial charge in [-0.25, -0.2) is 9.97 Å². The summed E-state index contributed by atoms with van der Waals surface area (Å²) in [5.74, 6) is 1.50. The zero-order chi connectivity index (χ0) is 30.7. The number of imidazole rings is 2. The Bertz CT molecular complexity index is 1970. The number of hydrogen-bond donors (Lipinski definition) is 2. The number of aryl methyl sites for hydroxylation is 2. The van der Waals surface area contributed by atoms with Crippen LogP contribution in [0.3, 0.4) is 0 Å². The molecule has 4 aromatic carbocycles. The van der Waals surface area contributed by atoms with Crippen LogP contribution in [0.25, 0.3) is 51.0 Å². The summed E-state index contributed by atoms with van der Waals surface area (Å²) in [4.78, 5) is 20.3. The zero-order valence-electron chi connectivity index (χ0n) is 24.5. The van der Waals surface area contributed by atoms with Crippen LogP contribution in [0.5, 0.6) is 5.75 Å². The van der Waals surface area contributed by atoms with Gasteiger partial charge in [0.05, 0.1) is 50.8 Å². The number of nitrogens with zero attached hydrogens (tertiary/aromatic N) is 5. The quantitative estimate of drug-likeness (QED) is 0.157. The van der Waals surface area contributed by atoms with Gasteiger partial charge in [-0.1, -0.05) is 54.6 Å². The smallest absolute Gasteiger partial charge is 0.280 e. The van der Waals surface area contributed by atoms with Crippen LogP contribution in [0, 0.1) is 24.0 Å². The monoisotopic (exact) mass is 575 g/mol. The Labute approximate surface area is 249 Å². The minimum absolute atomic E-state index is 0.00676. The highest BCUT2D eigenvalue weighted by atomic mass is 16.6. The molecule has 43 heavy (non-hydrogen) atoms. The molecule has 0 spiro atoms. The molecule has 2 N–H and O–H groups in total. The van der Waals surface area contributed by atoms with Crippen molar-refractivity contribution in [1.82, 2.24) is 19.1 Å². The van der Waals surface area contributed by atoms with Gasteiger partial charge < -0.3 is 14.8 Å². The molecule has 1 unspecified atom stereocenters. The van der Waals surface area contributed by atoms with Crippen molar-refractivity contribution in [3.63, 3.8) is 0 Å². The highest BCUT2D eigenvalue weighted by Gasteiger charge is 2.22. The lowest BCUT2D eigenvalue weighted by molar-refractivity contribution is -0.384. The summed E-state index contributed by atoms with van der Waals surface area (Å²) in [6.45, 7) is 7.97. The van der Waals surface area contributed by atoms with Gasteiger partial charge in [0.2, 0.25) is 0 Å². The number of phenols is 1. The van der Waals surface area contributed by atoms with Crippen LogP contribution < -0.4 is 0 Å². The maximum atomic E-state index is 11.3.